The van der Waals surface area contributed by atoms with Crippen molar-refractivity contribution >= 4 is 11.8 Å². The molecule has 0 aromatic heterocycles. The van der Waals surface area contributed by atoms with Crippen molar-refractivity contribution in [2.24, 2.45) is 0 Å². The molecule has 0 saturated heterocycles. The fourth-order valence-corrected chi connectivity index (χ4v) is 2.04. The molecule has 0 amide bonds. The van der Waals surface area contributed by atoms with Gasteiger partial charge in [0.2, 0.25) is 0 Å². The van der Waals surface area contributed by atoms with E-state index in [1.165, 1.54) is 30.3 Å². The van der Waals surface area contributed by atoms with E-state index in [0.717, 1.165) is 6.07 Å². The highest BCUT2D eigenvalue weighted by molar-refractivity contribution is 6.11. The van der Waals surface area contributed by atoms with Gasteiger partial charge in [0.15, 0.2) is 5.78 Å². The third-order valence-corrected chi connectivity index (χ3v) is 3.19. The van der Waals surface area contributed by atoms with Crippen molar-refractivity contribution in [2.75, 3.05) is 0 Å². The van der Waals surface area contributed by atoms with Crippen LogP contribution in [0.25, 0.3) is 0 Å². The lowest BCUT2D eigenvalue weighted by molar-refractivity contribution is 0.0697. The summed E-state index contributed by atoms with van der Waals surface area (Å²) in [7, 11) is 0. The molecular weight excluding hydrogens is 272 g/mol. The Bertz CT molecular complexity index is 719. The summed E-state index contributed by atoms with van der Waals surface area (Å²) in [4.78, 5) is 23.3. The number of hydrogen-bond donors (Lipinski definition) is 3. The SMILES string of the molecule is CCc1cc(C(=O)c2cccc(C(=O)O)c2)c(O)cc1O. The van der Waals surface area contributed by atoms with Gasteiger partial charge in [-0.2, -0.15) is 0 Å². The van der Waals surface area contributed by atoms with Crippen LogP contribution in [-0.4, -0.2) is 27.1 Å². The van der Waals surface area contributed by atoms with E-state index in [1.807, 2.05) is 6.92 Å². The molecule has 2 aromatic carbocycles. The predicted molar refractivity (Wildman–Crippen MR) is 76.0 cm³/mol. The zero-order chi connectivity index (χ0) is 15.6. The van der Waals surface area contributed by atoms with Crippen LogP contribution < -0.4 is 0 Å². The lowest BCUT2D eigenvalue weighted by atomic mass is 9.97. The van der Waals surface area contributed by atoms with Crippen molar-refractivity contribution < 1.29 is 24.9 Å². The number of carboxylic acids is 1. The Morgan fingerprint density at radius 2 is 1.67 bits per heavy atom. The van der Waals surface area contributed by atoms with E-state index in [1.54, 1.807) is 0 Å². The smallest absolute Gasteiger partial charge is 0.335 e. The van der Waals surface area contributed by atoms with Gasteiger partial charge in [0.1, 0.15) is 11.5 Å². The minimum absolute atomic E-state index is 0.00478. The quantitative estimate of drug-likeness (QED) is 0.751. The van der Waals surface area contributed by atoms with Gasteiger partial charge in [-0.05, 0) is 30.2 Å². The third-order valence-electron chi connectivity index (χ3n) is 3.19. The molecule has 0 aliphatic heterocycles. The molecule has 0 unspecified atom stereocenters. The molecule has 0 atom stereocenters. The van der Waals surface area contributed by atoms with E-state index in [4.69, 9.17) is 5.11 Å². The van der Waals surface area contributed by atoms with Gasteiger partial charge in [-0.25, -0.2) is 4.79 Å². The molecule has 3 N–H and O–H groups in total. The highest BCUT2D eigenvalue weighted by Gasteiger charge is 2.17. The minimum atomic E-state index is -1.13. The second-order valence-corrected chi connectivity index (χ2v) is 4.57. The van der Waals surface area contributed by atoms with Crippen molar-refractivity contribution in [3.8, 4) is 11.5 Å². The molecule has 2 rings (SSSR count). The normalized spacial score (nSPS) is 10.3. The van der Waals surface area contributed by atoms with Gasteiger partial charge in [0.25, 0.3) is 0 Å². The van der Waals surface area contributed by atoms with Crippen LogP contribution in [0, 0.1) is 0 Å². The molecule has 0 radical (unpaired) electrons. The van der Waals surface area contributed by atoms with E-state index < -0.39 is 11.8 Å². The molecule has 2 aromatic rings. The zero-order valence-electron chi connectivity index (χ0n) is 11.3. The van der Waals surface area contributed by atoms with Crippen LogP contribution in [0.4, 0.5) is 0 Å². The summed E-state index contributed by atoms with van der Waals surface area (Å²) in [6, 6.07) is 8.12. The van der Waals surface area contributed by atoms with Gasteiger partial charge in [-0.15, -0.1) is 0 Å². The minimum Gasteiger partial charge on any atom is -0.508 e. The second kappa shape index (κ2) is 5.66. The molecule has 0 bridgehead atoms. The number of carbonyl (C=O) groups excluding carboxylic acids is 1. The topological polar surface area (TPSA) is 94.8 Å². The number of phenols is 2. The van der Waals surface area contributed by atoms with Gasteiger partial charge < -0.3 is 15.3 Å². The van der Waals surface area contributed by atoms with E-state index >= 15 is 0 Å². The van der Waals surface area contributed by atoms with Gasteiger partial charge >= 0.3 is 5.97 Å². The second-order valence-electron chi connectivity index (χ2n) is 4.57. The van der Waals surface area contributed by atoms with E-state index in [9.17, 15) is 19.8 Å². The van der Waals surface area contributed by atoms with Crippen molar-refractivity contribution in [3.05, 3.63) is 58.7 Å². The molecule has 0 spiro atoms. The first-order valence-electron chi connectivity index (χ1n) is 6.37. The number of phenolic OH excluding ortho intramolecular Hbond substituents is 2. The summed E-state index contributed by atoms with van der Waals surface area (Å²) in [6.07, 6.45) is 0.502. The molecule has 108 valence electrons. The molecule has 0 saturated carbocycles. The number of aryl methyl sites for hydroxylation is 1. The van der Waals surface area contributed by atoms with Crippen molar-refractivity contribution in [2.45, 2.75) is 13.3 Å². The molecule has 0 fully saturated rings. The molecule has 5 nitrogen and oxygen atoms in total. The molecule has 0 aliphatic carbocycles. The maximum absolute atomic E-state index is 12.4. The predicted octanol–water partition coefficient (Wildman–Crippen LogP) is 2.59. The Morgan fingerprint density at radius 3 is 2.29 bits per heavy atom. The Kier molecular flexibility index (Phi) is 3.93. The summed E-state index contributed by atoms with van der Waals surface area (Å²) < 4.78 is 0. The monoisotopic (exact) mass is 286 g/mol. The number of benzene rings is 2. The first kappa shape index (κ1) is 14.6. The fourth-order valence-electron chi connectivity index (χ4n) is 2.04. The number of ketones is 1. The average molecular weight is 286 g/mol. The Morgan fingerprint density at radius 1 is 1.00 bits per heavy atom. The molecule has 21 heavy (non-hydrogen) atoms. The van der Waals surface area contributed by atoms with Gasteiger partial charge in [-0.1, -0.05) is 19.1 Å². The molecule has 5 heteroatoms. The van der Waals surface area contributed by atoms with E-state index in [-0.39, 0.29) is 28.2 Å². The van der Waals surface area contributed by atoms with Gasteiger partial charge in [0.05, 0.1) is 11.1 Å². The zero-order valence-corrected chi connectivity index (χ0v) is 11.3. The highest BCUT2D eigenvalue weighted by atomic mass is 16.4. The number of hydrogen-bond acceptors (Lipinski definition) is 4. The number of carbonyl (C=O) groups is 2. The summed E-state index contributed by atoms with van der Waals surface area (Å²) in [5.74, 6) is -2.04. The van der Waals surface area contributed by atoms with E-state index in [2.05, 4.69) is 0 Å². The van der Waals surface area contributed by atoms with Crippen molar-refractivity contribution in [1.82, 2.24) is 0 Å². The maximum Gasteiger partial charge on any atom is 0.335 e. The van der Waals surface area contributed by atoms with Crippen molar-refractivity contribution in [1.29, 1.82) is 0 Å². The summed E-state index contributed by atoms with van der Waals surface area (Å²) in [5.41, 5.74) is 0.727. The highest BCUT2D eigenvalue weighted by Crippen LogP contribution is 2.29. The van der Waals surface area contributed by atoms with Gasteiger partial charge in [0, 0.05) is 11.6 Å². The Labute approximate surface area is 121 Å². The van der Waals surface area contributed by atoms with E-state index in [0.29, 0.717) is 12.0 Å². The summed E-state index contributed by atoms with van der Waals surface area (Å²) >= 11 is 0. The van der Waals surface area contributed by atoms with Crippen LogP contribution in [0.2, 0.25) is 0 Å². The molecule has 0 heterocycles. The maximum atomic E-state index is 12.4. The van der Waals surface area contributed by atoms with Crippen molar-refractivity contribution in [3.63, 3.8) is 0 Å². The van der Waals surface area contributed by atoms with Gasteiger partial charge in [-0.3, -0.25) is 4.79 Å². The largest absolute Gasteiger partial charge is 0.508 e. The first-order chi connectivity index (χ1) is 9.93. The lowest BCUT2D eigenvalue weighted by Crippen LogP contribution is -2.05. The molecule has 0 aliphatic rings. The fraction of sp³-hybridized carbons (Fsp3) is 0.125. The van der Waals surface area contributed by atoms with Crippen LogP contribution in [0.5, 0.6) is 11.5 Å². The summed E-state index contributed by atoms with van der Waals surface area (Å²) in [5, 5.41) is 28.4. The Hall–Kier alpha value is -2.82. The first-order valence-corrected chi connectivity index (χ1v) is 6.37. The standard InChI is InChI=1S/C16H14O5/c1-2-9-7-12(14(18)8-13(9)17)15(19)10-4-3-5-11(6-10)16(20)21/h3-8,17-18H,2H2,1H3,(H,20,21). The van der Waals surface area contributed by atoms with Crippen LogP contribution in [0.1, 0.15) is 38.8 Å². The van der Waals surface area contributed by atoms with Crippen LogP contribution in [-0.2, 0) is 6.42 Å². The lowest BCUT2D eigenvalue weighted by Gasteiger charge is -2.09. The molecular formula is C16H14O5. The third kappa shape index (κ3) is 2.86. The van der Waals surface area contributed by atoms with Crippen LogP contribution in [0.3, 0.4) is 0 Å². The Balaban J connectivity index is 2.49. The van der Waals surface area contributed by atoms with Crippen LogP contribution in [0.15, 0.2) is 36.4 Å². The number of aromatic hydroxyl groups is 2. The van der Waals surface area contributed by atoms with Crippen LogP contribution >= 0.6 is 0 Å². The number of carboxylic acid groups (broad SMARTS) is 1. The number of aromatic carboxylic acids is 1. The summed E-state index contributed by atoms with van der Waals surface area (Å²) in [6.45, 7) is 1.81. The average Bonchev–Trinajstić information content (AvgIpc) is 2.47. The number of rotatable bonds is 4.